The van der Waals surface area contributed by atoms with Crippen molar-refractivity contribution in [1.29, 1.82) is 0 Å². The molecule has 134 valence electrons. The Morgan fingerprint density at radius 2 is 1.85 bits per heavy atom. The first kappa shape index (κ1) is 17.7. The van der Waals surface area contributed by atoms with Gasteiger partial charge in [0.05, 0.1) is 22.0 Å². The molecule has 1 aromatic heterocycles. The summed E-state index contributed by atoms with van der Waals surface area (Å²) >= 11 is 6.01. The number of anilines is 1. The van der Waals surface area contributed by atoms with Crippen LogP contribution in [0.3, 0.4) is 0 Å². The lowest BCUT2D eigenvalue weighted by atomic mass is 10.1. The quantitative estimate of drug-likeness (QED) is 0.688. The lowest BCUT2D eigenvalue weighted by Crippen LogP contribution is -2.08. The molecular formula is C16H10ClF3N4O2. The van der Waals surface area contributed by atoms with Crippen molar-refractivity contribution in [3.05, 3.63) is 59.4 Å². The predicted molar refractivity (Wildman–Crippen MR) is 88.5 cm³/mol. The summed E-state index contributed by atoms with van der Waals surface area (Å²) in [4.78, 5) is 14.7. The van der Waals surface area contributed by atoms with E-state index in [0.29, 0.717) is 11.3 Å². The fourth-order valence-corrected chi connectivity index (χ4v) is 2.41. The largest absolute Gasteiger partial charge is 0.465 e. The predicted octanol–water partition coefficient (Wildman–Crippen LogP) is 4.70. The van der Waals surface area contributed by atoms with Crippen molar-refractivity contribution in [2.75, 3.05) is 5.32 Å². The van der Waals surface area contributed by atoms with Crippen LogP contribution in [0.4, 0.5) is 23.7 Å². The van der Waals surface area contributed by atoms with Crippen molar-refractivity contribution >= 4 is 23.4 Å². The summed E-state index contributed by atoms with van der Waals surface area (Å²) in [6, 6.07) is 9.01. The van der Waals surface area contributed by atoms with E-state index in [1.807, 2.05) is 0 Å². The number of nitrogens with zero attached hydrogens (tertiary/aromatic N) is 3. The highest BCUT2D eigenvalue weighted by molar-refractivity contribution is 6.33. The number of benzene rings is 2. The second-order valence-electron chi connectivity index (χ2n) is 5.18. The van der Waals surface area contributed by atoms with Gasteiger partial charge >= 0.3 is 12.3 Å². The van der Waals surface area contributed by atoms with Crippen LogP contribution in [0.5, 0.6) is 0 Å². The minimum atomic E-state index is -4.41. The summed E-state index contributed by atoms with van der Waals surface area (Å²) in [5.41, 5.74) is 0.392. The van der Waals surface area contributed by atoms with Crippen molar-refractivity contribution in [3.63, 3.8) is 0 Å². The Hall–Kier alpha value is -3.07. The van der Waals surface area contributed by atoms with E-state index < -0.39 is 17.8 Å². The topological polar surface area (TPSA) is 80.0 Å². The molecule has 0 aliphatic rings. The molecule has 3 aromatic rings. The fraction of sp³-hybridized carbons (Fsp3) is 0.0625. The van der Waals surface area contributed by atoms with Crippen molar-refractivity contribution in [3.8, 4) is 17.1 Å². The smallest absolute Gasteiger partial charge is 0.416 e. The summed E-state index contributed by atoms with van der Waals surface area (Å²) in [6.07, 6.45) is -4.28. The monoisotopic (exact) mass is 382 g/mol. The number of aromatic nitrogens is 3. The van der Waals surface area contributed by atoms with Crippen LogP contribution in [0.15, 0.2) is 48.8 Å². The molecule has 1 amide bonds. The Bertz CT molecular complexity index is 955. The number of rotatable bonds is 3. The summed E-state index contributed by atoms with van der Waals surface area (Å²) in [5.74, 6) is 0.239. The first-order chi connectivity index (χ1) is 12.2. The van der Waals surface area contributed by atoms with E-state index >= 15 is 0 Å². The van der Waals surface area contributed by atoms with E-state index in [9.17, 15) is 18.0 Å². The van der Waals surface area contributed by atoms with Gasteiger partial charge in [-0.25, -0.2) is 14.5 Å². The number of nitrogens with one attached hydrogen (secondary N) is 1. The highest BCUT2D eigenvalue weighted by atomic mass is 35.5. The van der Waals surface area contributed by atoms with Gasteiger partial charge in [0, 0.05) is 5.56 Å². The maximum Gasteiger partial charge on any atom is 0.416 e. The van der Waals surface area contributed by atoms with Crippen molar-refractivity contribution in [1.82, 2.24) is 14.8 Å². The number of amides is 1. The Labute approximate surface area is 149 Å². The molecule has 6 nitrogen and oxygen atoms in total. The molecule has 0 spiro atoms. The number of hydrogen-bond donors (Lipinski definition) is 2. The van der Waals surface area contributed by atoms with Crippen molar-refractivity contribution < 1.29 is 23.1 Å². The van der Waals surface area contributed by atoms with Gasteiger partial charge in [0.2, 0.25) is 0 Å². The standard InChI is InChI=1S/C16H10ClF3N4O2/c17-12-7-11(5-6-13(12)22-15(25)26)24-8-21-14(23-24)9-1-3-10(4-2-9)16(18,19)20/h1-8,22H,(H,25,26). The highest BCUT2D eigenvalue weighted by Crippen LogP contribution is 2.30. The van der Waals surface area contributed by atoms with Crippen LogP contribution in [0.1, 0.15) is 5.56 Å². The van der Waals surface area contributed by atoms with Gasteiger partial charge in [0.25, 0.3) is 0 Å². The van der Waals surface area contributed by atoms with Crippen LogP contribution in [-0.2, 0) is 6.18 Å². The van der Waals surface area contributed by atoms with Gasteiger partial charge in [-0.1, -0.05) is 23.7 Å². The zero-order valence-corrected chi connectivity index (χ0v) is 13.6. The van der Waals surface area contributed by atoms with Gasteiger partial charge in [-0.2, -0.15) is 13.2 Å². The molecular weight excluding hydrogens is 373 g/mol. The first-order valence-electron chi connectivity index (χ1n) is 7.13. The third kappa shape index (κ3) is 3.77. The highest BCUT2D eigenvalue weighted by Gasteiger charge is 2.30. The fourth-order valence-electron chi connectivity index (χ4n) is 2.19. The van der Waals surface area contributed by atoms with E-state index in [0.717, 1.165) is 12.1 Å². The molecule has 0 atom stereocenters. The maximum absolute atomic E-state index is 12.6. The number of carbonyl (C=O) groups is 1. The van der Waals surface area contributed by atoms with Crippen LogP contribution < -0.4 is 5.32 Å². The first-order valence-corrected chi connectivity index (χ1v) is 7.51. The van der Waals surface area contributed by atoms with Crippen molar-refractivity contribution in [2.45, 2.75) is 6.18 Å². The Morgan fingerprint density at radius 1 is 1.15 bits per heavy atom. The van der Waals surface area contributed by atoms with Crippen LogP contribution in [-0.4, -0.2) is 26.0 Å². The second kappa shape index (κ2) is 6.68. The minimum Gasteiger partial charge on any atom is -0.465 e. The summed E-state index contributed by atoms with van der Waals surface area (Å²) in [6.45, 7) is 0. The molecule has 2 aromatic carbocycles. The van der Waals surface area contributed by atoms with Gasteiger partial charge < -0.3 is 5.11 Å². The average Bonchev–Trinajstić information content (AvgIpc) is 3.06. The van der Waals surface area contributed by atoms with Crippen molar-refractivity contribution in [2.24, 2.45) is 0 Å². The van der Waals surface area contributed by atoms with E-state index in [4.69, 9.17) is 16.7 Å². The molecule has 0 bridgehead atoms. The van der Waals surface area contributed by atoms with E-state index in [1.54, 1.807) is 6.07 Å². The summed E-state index contributed by atoms with van der Waals surface area (Å²) < 4.78 is 39.2. The molecule has 0 unspecified atom stereocenters. The van der Waals surface area contributed by atoms with Gasteiger partial charge in [-0.05, 0) is 30.3 Å². The minimum absolute atomic E-state index is 0.163. The molecule has 2 N–H and O–H groups in total. The molecule has 0 fully saturated rings. The second-order valence-corrected chi connectivity index (χ2v) is 5.59. The third-order valence-corrected chi connectivity index (χ3v) is 3.73. The van der Waals surface area contributed by atoms with Crippen LogP contribution >= 0.6 is 11.6 Å². The zero-order chi connectivity index (χ0) is 18.9. The lowest BCUT2D eigenvalue weighted by Gasteiger charge is -2.07. The zero-order valence-electron chi connectivity index (χ0n) is 12.8. The average molecular weight is 383 g/mol. The number of halogens is 4. The lowest BCUT2D eigenvalue weighted by molar-refractivity contribution is -0.137. The molecule has 0 aliphatic heterocycles. The summed E-state index contributed by atoms with van der Waals surface area (Å²) in [7, 11) is 0. The Kier molecular flexibility index (Phi) is 4.56. The number of carboxylic acid groups (broad SMARTS) is 1. The van der Waals surface area contributed by atoms with E-state index in [1.165, 1.54) is 35.3 Å². The Morgan fingerprint density at radius 3 is 2.42 bits per heavy atom. The molecule has 1 heterocycles. The van der Waals surface area contributed by atoms with E-state index in [-0.39, 0.29) is 16.5 Å². The molecule has 0 saturated carbocycles. The normalized spacial score (nSPS) is 11.4. The van der Waals surface area contributed by atoms with Crippen LogP contribution in [0, 0.1) is 0 Å². The molecule has 0 radical (unpaired) electrons. The van der Waals surface area contributed by atoms with E-state index in [2.05, 4.69) is 15.4 Å². The Balaban J connectivity index is 1.86. The third-order valence-electron chi connectivity index (χ3n) is 3.42. The molecule has 10 heteroatoms. The molecule has 0 aliphatic carbocycles. The molecule has 3 rings (SSSR count). The van der Waals surface area contributed by atoms with Gasteiger partial charge in [0.15, 0.2) is 5.82 Å². The van der Waals surface area contributed by atoms with Crippen LogP contribution in [0.2, 0.25) is 5.02 Å². The van der Waals surface area contributed by atoms with Gasteiger partial charge in [-0.15, -0.1) is 5.10 Å². The van der Waals surface area contributed by atoms with Crippen LogP contribution in [0.25, 0.3) is 17.1 Å². The summed E-state index contributed by atoms with van der Waals surface area (Å²) in [5, 5.41) is 15.2. The SMILES string of the molecule is O=C(O)Nc1ccc(-n2cnc(-c3ccc(C(F)(F)F)cc3)n2)cc1Cl. The number of hydrogen-bond acceptors (Lipinski definition) is 3. The van der Waals surface area contributed by atoms with Gasteiger partial charge in [-0.3, -0.25) is 5.32 Å². The number of alkyl halides is 3. The molecule has 26 heavy (non-hydrogen) atoms. The maximum atomic E-state index is 12.6. The van der Waals surface area contributed by atoms with Gasteiger partial charge in [0.1, 0.15) is 6.33 Å². The molecule has 0 saturated heterocycles.